The molecule has 0 spiro atoms. The van der Waals surface area contributed by atoms with E-state index < -0.39 is 17.8 Å². The van der Waals surface area contributed by atoms with Crippen LogP contribution in [0.2, 0.25) is 0 Å². The maximum Gasteiger partial charge on any atom is 0.316 e. The van der Waals surface area contributed by atoms with Gasteiger partial charge in [0.1, 0.15) is 11.7 Å². The molecule has 2 heterocycles. The quantitative estimate of drug-likeness (QED) is 0.789. The zero-order valence-electron chi connectivity index (χ0n) is 14.6. The number of pyridine rings is 1. The molecular weight excluding hydrogens is 320 g/mol. The minimum absolute atomic E-state index is 0.0601. The van der Waals surface area contributed by atoms with Crippen LogP contribution in [0.4, 0.5) is 11.5 Å². The highest BCUT2D eigenvalue weighted by Crippen LogP contribution is 2.32. The average molecular weight is 346 g/mol. The van der Waals surface area contributed by atoms with Gasteiger partial charge in [0.05, 0.1) is 11.9 Å². The van der Waals surface area contributed by atoms with Gasteiger partial charge in [0.2, 0.25) is 5.91 Å². The molecule has 136 valence electrons. The van der Waals surface area contributed by atoms with E-state index in [-0.39, 0.29) is 5.92 Å². The predicted octanol–water partition coefficient (Wildman–Crippen LogP) is 1.66. The molecular formula is C18H26N4O3. The van der Waals surface area contributed by atoms with Crippen LogP contribution in [0.3, 0.4) is 0 Å². The lowest BCUT2D eigenvalue weighted by atomic mass is 9.90. The number of hydrogen-bond donors (Lipinski definition) is 2. The second kappa shape index (κ2) is 7.82. The van der Waals surface area contributed by atoms with Gasteiger partial charge in [0.15, 0.2) is 0 Å². The Labute approximate surface area is 148 Å². The zero-order valence-corrected chi connectivity index (χ0v) is 14.6. The summed E-state index contributed by atoms with van der Waals surface area (Å²) in [6, 6.07) is 3.68. The molecule has 2 fully saturated rings. The summed E-state index contributed by atoms with van der Waals surface area (Å²) < 4.78 is 0. The first-order valence-electron chi connectivity index (χ1n) is 8.98. The minimum atomic E-state index is -1.04. The van der Waals surface area contributed by atoms with Crippen molar-refractivity contribution in [2.45, 2.75) is 25.7 Å². The Morgan fingerprint density at radius 3 is 2.44 bits per heavy atom. The lowest BCUT2D eigenvalue weighted by molar-refractivity contribution is -0.147. The summed E-state index contributed by atoms with van der Waals surface area (Å²) >= 11 is 0. The third kappa shape index (κ3) is 4.28. The van der Waals surface area contributed by atoms with Gasteiger partial charge in [-0.25, -0.2) is 4.98 Å². The van der Waals surface area contributed by atoms with Crippen molar-refractivity contribution in [3.63, 3.8) is 0 Å². The molecule has 1 amide bonds. The van der Waals surface area contributed by atoms with Crippen LogP contribution in [0, 0.1) is 11.8 Å². The first kappa shape index (κ1) is 17.7. The molecule has 1 aliphatic carbocycles. The number of likely N-dealkylation sites (N-methyl/N-ethyl adjacent to an activating group) is 1. The highest BCUT2D eigenvalue weighted by Gasteiger charge is 2.36. The second-order valence-corrected chi connectivity index (χ2v) is 7.05. The van der Waals surface area contributed by atoms with Crippen LogP contribution in [0.15, 0.2) is 18.3 Å². The molecule has 25 heavy (non-hydrogen) atoms. The van der Waals surface area contributed by atoms with Crippen LogP contribution >= 0.6 is 0 Å². The molecule has 2 N–H and O–H groups in total. The van der Waals surface area contributed by atoms with E-state index in [1.807, 2.05) is 6.07 Å². The number of carbonyl (C=O) groups is 2. The summed E-state index contributed by atoms with van der Waals surface area (Å²) in [6.45, 7) is 3.86. The van der Waals surface area contributed by atoms with Crippen molar-refractivity contribution in [3.05, 3.63) is 18.3 Å². The molecule has 7 heteroatoms. The van der Waals surface area contributed by atoms with Gasteiger partial charge in [-0.2, -0.15) is 0 Å². The Morgan fingerprint density at radius 2 is 1.88 bits per heavy atom. The molecule has 1 saturated carbocycles. The van der Waals surface area contributed by atoms with Crippen LogP contribution in [0.25, 0.3) is 0 Å². The Hall–Kier alpha value is -2.15. The molecule has 0 aromatic carbocycles. The fourth-order valence-corrected chi connectivity index (χ4v) is 3.72. The van der Waals surface area contributed by atoms with Crippen LogP contribution in [-0.4, -0.2) is 60.1 Å². The fraction of sp³-hybridized carbons (Fsp3) is 0.611. The molecule has 1 atom stereocenters. The lowest BCUT2D eigenvalue weighted by Crippen LogP contribution is -2.44. The fourth-order valence-electron chi connectivity index (χ4n) is 3.72. The predicted molar refractivity (Wildman–Crippen MR) is 95.7 cm³/mol. The van der Waals surface area contributed by atoms with Crippen LogP contribution in [-0.2, 0) is 9.59 Å². The normalized spacial score (nSPS) is 20.4. The number of aliphatic carboxylic acids is 1. The summed E-state index contributed by atoms with van der Waals surface area (Å²) in [5.74, 6) is -1.62. The maximum absolute atomic E-state index is 12.4. The van der Waals surface area contributed by atoms with Crippen molar-refractivity contribution in [1.82, 2.24) is 9.88 Å². The molecule has 2 aliphatic rings. The van der Waals surface area contributed by atoms with Crippen molar-refractivity contribution in [2.75, 3.05) is 43.4 Å². The van der Waals surface area contributed by atoms with Crippen LogP contribution in [0.5, 0.6) is 0 Å². The number of anilines is 2. The topological polar surface area (TPSA) is 85.8 Å². The van der Waals surface area contributed by atoms with Crippen molar-refractivity contribution in [1.29, 1.82) is 0 Å². The molecule has 1 saturated heterocycles. The van der Waals surface area contributed by atoms with Crippen LogP contribution in [0.1, 0.15) is 25.7 Å². The monoisotopic (exact) mass is 346 g/mol. The first-order valence-corrected chi connectivity index (χ1v) is 8.98. The summed E-state index contributed by atoms with van der Waals surface area (Å²) in [6.07, 6.45) is 5.24. The smallest absolute Gasteiger partial charge is 0.316 e. The van der Waals surface area contributed by atoms with Gasteiger partial charge in [-0.1, -0.05) is 12.8 Å². The van der Waals surface area contributed by atoms with E-state index in [0.717, 1.165) is 57.7 Å². The number of nitrogens with one attached hydrogen (secondary N) is 1. The van der Waals surface area contributed by atoms with Gasteiger partial charge in [-0.3, -0.25) is 9.59 Å². The lowest BCUT2D eigenvalue weighted by Gasteiger charge is -2.33. The minimum Gasteiger partial charge on any atom is -0.481 e. The van der Waals surface area contributed by atoms with E-state index in [9.17, 15) is 14.7 Å². The van der Waals surface area contributed by atoms with Crippen LogP contribution < -0.4 is 10.2 Å². The number of piperazine rings is 1. The van der Waals surface area contributed by atoms with Crippen molar-refractivity contribution in [3.8, 4) is 0 Å². The van der Waals surface area contributed by atoms with Gasteiger partial charge in [-0.15, -0.1) is 0 Å². The SMILES string of the molecule is CN1CCN(c2ccc(NC(=O)C(C(=O)O)C3CCCC3)cn2)CC1. The standard InChI is InChI=1S/C18H26N4O3/c1-21-8-10-22(11-9-21)15-7-6-14(12-19-15)20-17(23)16(18(24)25)13-4-2-3-5-13/h6-7,12-13,16H,2-5,8-11H2,1H3,(H,20,23)(H,24,25). The van der Waals surface area contributed by atoms with Gasteiger partial charge >= 0.3 is 5.97 Å². The molecule has 1 unspecified atom stereocenters. The first-order chi connectivity index (χ1) is 12.0. The number of carboxylic acid groups (broad SMARTS) is 1. The van der Waals surface area contributed by atoms with E-state index in [0.29, 0.717) is 5.69 Å². The molecule has 0 radical (unpaired) electrons. The number of carboxylic acids is 1. The summed E-state index contributed by atoms with van der Waals surface area (Å²) in [4.78, 5) is 32.9. The molecule has 1 aliphatic heterocycles. The van der Waals surface area contributed by atoms with E-state index in [1.165, 1.54) is 0 Å². The second-order valence-electron chi connectivity index (χ2n) is 7.05. The summed E-state index contributed by atoms with van der Waals surface area (Å²) in [5, 5.41) is 12.2. The van der Waals surface area contributed by atoms with E-state index in [4.69, 9.17) is 0 Å². The number of nitrogens with zero attached hydrogens (tertiary/aromatic N) is 3. The Bertz CT molecular complexity index is 605. The van der Waals surface area contributed by atoms with Gasteiger partial charge in [0, 0.05) is 26.2 Å². The highest BCUT2D eigenvalue weighted by molar-refractivity contribution is 6.04. The number of rotatable bonds is 5. The number of amides is 1. The Morgan fingerprint density at radius 1 is 1.20 bits per heavy atom. The third-order valence-corrected chi connectivity index (χ3v) is 5.26. The van der Waals surface area contributed by atoms with E-state index in [2.05, 4.69) is 27.1 Å². The molecule has 1 aromatic rings. The molecule has 0 bridgehead atoms. The number of hydrogen-bond acceptors (Lipinski definition) is 5. The Kier molecular flexibility index (Phi) is 5.53. The number of aromatic nitrogens is 1. The summed E-state index contributed by atoms with van der Waals surface area (Å²) in [7, 11) is 2.10. The molecule has 3 rings (SSSR count). The number of carbonyl (C=O) groups excluding carboxylic acids is 1. The largest absolute Gasteiger partial charge is 0.481 e. The zero-order chi connectivity index (χ0) is 17.8. The third-order valence-electron chi connectivity index (χ3n) is 5.26. The summed E-state index contributed by atoms with van der Waals surface area (Å²) in [5.41, 5.74) is 0.548. The van der Waals surface area contributed by atoms with Crippen molar-refractivity contribution in [2.24, 2.45) is 11.8 Å². The van der Waals surface area contributed by atoms with Crippen molar-refractivity contribution < 1.29 is 14.7 Å². The van der Waals surface area contributed by atoms with Gasteiger partial charge in [0.25, 0.3) is 0 Å². The van der Waals surface area contributed by atoms with Gasteiger partial charge < -0.3 is 20.2 Å². The Balaban J connectivity index is 1.62. The molecule has 7 nitrogen and oxygen atoms in total. The molecule has 1 aromatic heterocycles. The van der Waals surface area contributed by atoms with Crippen molar-refractivity contribution >= 4 is 23.4 Å². The maximum atomic E-state index is 12.4. The highest BCUT2D eigenvalue weighted by atomic mass is 16.4. The average Bonchev–Trinajstić information content (AvgIpc) is 3.10. The van der Waals surface area contributed by atoms with E-state index in [1.54, 1.807) is 12.3 Å². The van der Waals surface area contributed by atoms with E-state index >= 15 is 0 Å². The van der Waals surface area contributed by atoms with Gasteiger partial charge in [-0.05, 0) is 37.9 Å².